The lowest BCUT2D eigenvalue weighted by molar-refractivity contribution is -0.118. The van der Waals surface area contributed by atoms with Crippen LogP contribution in [0.15, 0.2) is 48.5 Å². The lowest BCUT2D eigenvalue weighted by atomic mass is 10.00. The molecule has 0 spiro atoms. The first-order valence-corrected chi connectivity index (χ1v) is 13.7. The molecule has 34 heavy (non-hydrogen) atoms. The highest BCUT2D eigenvalue weighted by Crippen LogP contribution is 2.29. The summed E-state index contributed by atoms with van der Waals surface area (Å²) in [6.07, 6.45) is 3.44. The fraction of sp³-hybridized carbons (Fsp3) is 0.458. The van der Waals surface area contributed by atoms with E-state index in [1.165, 1.54) is 4.31 Å². The van der Waals surface area contributed by atoms with E-state index in [0.717, 1.165) is 50.1 Å². The summed E-state index contributed by atoms with van der Waals surface area (Å²) in [6, 6.07) is 14.7. The van der Waals surface area contributed by atoms with Gasteiger partial charge in [-0.2, -0.15) is 12.7 Å². The molecule has 7 nitrogen and oxygen atoms in total. The van der Waals surface area contributed by atoms with E-state index in [9.17, 15) is 13.2 Å². The van der Waals surface area contributed by atoms with E-state index in [4.69, 9.17) is 27.9 Å². The third-order valence-electron chi connectivity index (χ3n) is 6.40. The van der Waals surface area contributed by atoms with Gasteiger partial charge in [0, 0.05) is 38.3 Å². The van der Waals surface area contributed by atoms with Gasteiger partial charge in [0.05, 0.1) is 16.5 Å². The molecular formula is C24H29Cl2N3O4S. The van der Waals surface area contributed by atoms with E-state index < -0.39 is 16.1 Å². The highest BCUT2D eigenvalue weighted by Gasteiger charge is 2.33. The molecule has 2 saturated heterocycles. The van der Waals surface area contributed by atoms with Gasteiger partial charge in [0.25, 0.3) is 0 Å². The molecule has 2 fully saturated rings. The average Bonchev–Trinajstić information content (AvgIpc) is 2.82. The van der Waals surface area contributed by atoms with Crippen molar-refractivity contribution in [2.24, 2.45) is 0 Å². The van der Waals surface area contributed by atoms with Crippen molar-refractivity contribution in [3.63, 3.8) is 0 Å². The third-order valence-corrected chi connectivity index (χ3v) is 8.67. The summed E-state index contributed by atoms with van der Waals surface area (Å²) in [5.74, 6) is 0.207. The van der Waals surface area contributed by atoms with Crippen molar-refractivity contribution < 1.29 is 17.9 Å². The molecule has 0 unspecified atom stereocenters. The Morgan fingerprint density at radius 3 is 2.26 bits per heavy atom. The van der Waals surface area contributed by atoms with E-state index in [-0.39, 0.29) is 12.5 Å². The zero-order valence-electron chi connectivity index (χ0n) is 18.8. The van der Waals surface area contributed by atoms with E-state index >= 15 is 0 Å². The number of nitrogens with zero attached hydrogens (tertiary/aromatic N) is 2. The van der Waals surface area contributed by atoms with Crippen molar-refractivity contribution in [1.82, 2.24) is 13.9 Å². The van der Waals surface area contributed by atoms with Crippen molar-refractivity contribution in [2.75, 3.05) is 26.2 Å². The standard InChI is InChI=1S/C24H29Cl2N3O4S/c25-22-7-6-21(17-23(22)26)33-20-10-12-28(13-11-20)19-8-14-29(15-9-19)34(31,32)27-24(30)16-18-4-2-1-3-5-18/h1-7,17,19-20H,8-16H2,(H,27,30). The molecule has 10 heteroatoms. The second kappa shape index (κ2) is 11.3. The number of carbonyl (C=O) groups excluding carboxylic acids is 1. The highest BCUT2D eigenvalue weighted by atomic mass is 35.5. The first-order valence-electron chi connectivity index (χ1n) is 11.5. The van der Waals surface area contributed by atoms with Crippen LogP contribution in [0.3, 0.4) is 0 Å². The van der Waals surface area contributed by atoms with Crippen LogP contribution in [0.4, 0.5) is 0 Å². The Bertz CT molecular complexity index is 1080. The molecule has 2 aliphatic heterocycles. The van der Waals surface area contributed by atoms with Gasteiger partial charge in [-0.3, -0.25) is 4.79 Å². The molecule has 184 valence electrons. The Morgan fingerprint density at radius 1 is 0.941 bits per heavy atom. The molecule has 2 aromatic carbocycles. The van der Waals surface area contributed by atoms with Gasteiger partial charge in [-0.25, -0.2) is 4.72 Å². The largest absolute Gasteiger partial charge is 0.490 e. The molecule has 2 heterocycles. The van der Waals surface area contributed by atoms with Gasteiger partial charge in [0.15, 0.2) is 0 Å². The Kier molecular flexibility index (Phi) is 8.37. The number of hydrogen-bond donors (Lipinski definition) is 1. The minimum atomic E-state index is -3.83. The van der Waals surface area contributed by atoms with Crippen molar-refractivity contribution in [2.45, 2.75) is 44.2 Å². The summed E-state index contributed by atoms with van der Waals surface area (Å²) in [7, 11) is -3.83. The zero-order valence-corrected chi connectivity index (χ0v) is 21.2. The van der Waals surface area contributed by atoms with Crippen LogP contribution in [0.2, 0.25) is 10.0 Å². The number of ether oxygens (including phenoxy) is 1. The van der Waals surface area contributed by atoms with Gasteiger partial charge in [-0.05, 0) is 43.4 Å². The predicted molar refractivity (Wildman–Crippen MR) is 133 cm³/mol. The van der Waals surface area contributed by atoms with Crippen LogP contribution in [0.1, 0.15) is 31.2 Å². The number of halogens is 2. The van der Waals surface area contributed by atoms with Gasteiger partial charge in [-0.15, -0.1) is 0 Å². The Morgan fingerprint density at radius 2 is 1.62 bits per heavy atom. The fourth-order valence-corrected chi connectivity index (χ4v) is 6.04. The maximum absolute atomic E-state index is 12.7. The molecule has 0 saturated carbocycles. The number of rotatable bonds is 7. The van der Waals surface area contributed by atoms with Gasteiger partial charge >= 0.3 is 10.2 Å². The Balaban J connectivity index is 1.21. The van der Waals surface area contributed by atoms with E-state index in [2.05, 4.69) is 9.62 Å². The monoisotopic (exact) mass is 525 g/mol. The quantitative estimate of drug-likeness (QED) is 0.592. The summed E-state index contributed by atoms with van der Waals surface area (Å²) < 4.78 is 35.0. The average molecular weight is 526 g/mol. The topological polar surface area (TPSA) is 79.0 Å². The number of carbonyl (C=O) groups is 1. The fourth-order valence-electron chi connectivity index (χ4n) is 4.57. The lowest BCUT2D eigenvalue weighted by Crippen LogP contribution is -2.52. The third kappa shape index (κ3) is 6.64. The SMILES string of the molecule is O=C(Cc1ccccc1)NS(=O)(=O)N1CCC(N2CCC(Oc3ccc(Cl)c(Cl)c3)CC2)CC1. The van der Waals surface area contributed by atoms with Gasteiger partial charge in [0.1, 0.15) is 11.9 Å². The van der Waals surface area contributed by atoms with Crippen LogP contribution in [0.25, 0.3) is 0 Å². The van der Waals surface area contributed by atoms with E-state index in [0.29, 0.717) is 29.2 Å². The zero-order chi connectivity index (χ0) is 24.1. The van der Waals surface area contributed by atoms with Crippen LogP contribution in [0, 0.1) is 0 Å². The van der Waals surface area contributed by atoms with Gasteiger partial charge in [-0.1, -0.05) is 53.5 Å². The highest BCUT2D eigenvalue weighted by molar-refractivity contribution is 7.87. The Hall–Kier alpha value is -1.84. The molecule has 0 bridgehead atoms. The Labute approximate surface area is 211 Å². The molecule has 0 aromatic heterocycles. The molecule has 2 aliphatic rings. The van der Waals surface area contributed by atoms with Crippen LogP contribution >= 0.6 is 23.2 Å². The van der Waals surface area contributed by atoms with Crippen molar-refractivity contribution in [3.8, 4) is 5.75 Å². The second-order valence-electron chi connectivity index (χ2n) is 8.75. The van der Waals surface area contributed by atoms with E-state index in [1.807, 2.05) is 24.3 Å². The number of piperidine rings is 2. The van der Waals surface area contributed by atoms with Crippen LogP contribution in [0.5, 0.6) is 5.75 Å². The molecular weight excluding hydrogens is 497 g/mol. The number of hydrogen-bond acceptors (Lipinski definition) is 5. The van der Waals surface area contributed by atoms with Crippen molar-refractivity contribution in [1.29, 1.82) is 0 Å². The minimum Gasteiger partial charge on any atom is -0.490 e. The molecule has 2 aromatic rings. The van der Waals surface area contributed by atoms with Crippen LogP contribution in [-0.4, -0.2) is 61.9 Å². The van der Waals surface area contributed by atoms with Crippen molar-refractivity contribution in [3.05, 3.63) is 64.1 Å². The summed E-state index contributed by atoms with van der Waals surface area (Å²) in [5.41, 5.74) is 0.778. The number of likely N-dealkylation sites (tertiary alicyclic amines) is 1. The molecule has 4 rings (SSSR count). The second-order valence-corrected chi connectivity index (χ2v) is 11.2. The minimum absolute atomic E-state index is 0.0375. The first kappa shape index (κ1) is 25.3. The maximum atomic E-state index is 12.7. The number of amides is 1. The lowest BCUT2D eigenvalue weighted by Gasteiger charge is -2.41. The van der Waals surface area contributed by atoms with Crippen LogP contribution < -0.4 is 9.46 Å². The molecule has 0 radical (unpaired) electrons. The first-order chi connectivity index (χ1) is 16.3. The summed E-state index contributed by atoms with van der Waals surface area (Å²) in [4.78, 5) is 14.7. The van der Waals surface area contributed by atoms with Gasteiger partial charge < -0.3 is 9.64 Å². The van der Waals surface area contributed by atoms with Crippen LogP contribution in [-0.2, 0) is 21.4 Å². The molecule has 1 amide bonds. The summed E-state index contributed by atoms with van der Waals surface area (Å²) >= 11 is 12.0. The van der Waals surface area contributed by atoms with E-state index in [1.54, 1.807) is 24.3 Å². The maximum Gasteiger partial charge on any atom is 0.303 e. The van der Waals surface area contributed by atoms with Gasteiger partial charge in [0.2, 0.25) is 5.91 Å². The predicted octanol–water partition coefficient (Wildman–Crippen LogP) is 3.90. The normalized spacial score (nSPS) is 19.1. The summed E-state index contributed by atoms with van der Waals surface area (Å²) in [6.45, 7) is 2.60. The number of benzene rings is 2. The summed E-state index contributed by atoms with van der Waals surface area (Å²) in [5, 5.41) is 0.988. The number of nitrogens with one attached hydrogen (secondary N) is 1. The molecule has 0 atom stereocenters. The molecule has 1 N–H and O–H groups in total. The van der Waals surface area contributed by atoms with Crippen molar-refractivity contribution >= 4 is 39.3 Å². The molecule has 0 aliphatic carbocycles. The smallest absolute Gasteiger partial charge is 0.303 e.